The number of nitrogens with one attached hydrogen (secondary N) is 1. The van der Waals surface area contributed by atoms with Crippen molar-refractivity contribution < 1.29 is 4.79 Å². The number of pyridine rings is 1. The maximum atomic E-state index is 13.1. The molecule has 0 aliphatic carbocycles. The second kappa shape index (κ2) is 6.28. The maximum absolute atomic E-state index is 13.1. The number of benzene rings is 1. The molecule has 0 bridgehead atoms. The van der Waals surface area contributed by atoms with Crippen molar-refractivity contribution >= 4 is 5.91 Å². The Morgan fingerprint density at radius 2 is 1.96 bits per heavy atom. The molecule has 1 amide bonds. The molecule has 1 fully saturated rings. The molecule has 1 atom stereocenters. The third kappa shape index (κ3) is 2.58. The molecule has 4 rings (SSSR count). The minimum atomic E-state index is 0.00996. The third-order valence-electron chi connectivity index (χ3n) is 4.48. The Morgan fingerprint density at radius 3 is 2.75 bits per heavy atom. The summed E-state index contributed by atoms with van der Waals surface area (Å²) >= 11 is 0. The zero-order valence-electron chi connectivity index (χ0n) is 13.2. The molecule has 0 radical (unpaired) electrons. The number of carbonyl (C=O) groups excluding carboxylic acids is 1. The smallest absolute Gasteiger partial charge is 0.258 e. The van der Waals surface area contributed by atoms with E-state index in [1.165, 1.54) is 0 Å². The van der Waals surface area contributed by atoms with Crippen LogP contribution in [0.3, 0.4) is 0 Å². The van der Waals surface area contributed by atoms with Crippen molar-refractivity contribution in [3.05, 3.63) is 72.2 Å². The summed E-state index contributed by atoms with van der Waals surface area (Å²) in [5, 5.41) is 7.07. The van der Waals surface area contributed by atoms with Crippen LogP contribution in [0.4, 0.5) is 0 Å². The van der Waals surface area contributed by atoms with Gasteiger partial charge in [-0.3, -0.25) is 14.9 Å². The quantitative estimate of drug-likeness (QED) is 0.804. The van der Waals surface area contributed by atoms with Crippen LogP contribution in [0.2, 0.25) is 0 Å². The lowest BCUT2D eigenvalue weighted by atomic mass is 10.1. The van der Waals surface area contributed by atoms with Crippen LogP contribution in [-0.4, -0.2) is 32.5 Å². The zero-order valence-corrected chi connectivity index (χ0v) is 13.2. The van der Waals surface area contributed by atoms with Crippen molar-refractivity contribution in [3.63, 3.8) is 0 Å². The molecule has 120 valence electrons. The molecule has 2 aromatic heterocycles. The average molecular weight is 318 g/mol. The van der Waals surface area contributed by atoms with Crippen LogP contribution in [0.15, 0.2) is 60.9 Å². The molecular formula is C19H18N4O. The van der Waals surface area contributed by atoms with Crippen molar-refractivity contribution in [2.24, 2.45) is 0 Å². The molecule has 1 aromatic carbocycles. The largest absolute Gasteiger partial charge is 0.330 e. The molecular weight excluding hydrogens is 300 g/mol. The van der Waals surface area contributed by atoms with E-state index in [1.54, 1.807) is 12.4 Å². The maximum Gasteiger partial charge on any atom is 0.258 e. The van der Waals surface area contributed by atoms with Gasteiger partial charge in [-0.2, -0.15) is 5.10 Å². The van der Waals surface area contributed by atoms with Crippen molar-refractivity contribution in [2.45, 2.75) is 18.9 Å². The molecule has 3 heterocycles. The van der Waals surface area contributed by atoms with Crippen LogP contribution < -0.4 is 0 Å². The number of hydrogen-bond acceptors (Lipinski definition) is 3. The van der Waals surface area contributed by atoms with Gasteiger partial charge in [0, 0.05) is 18.3 Å². The fourth-order valence-electron chi connectivity index (χ4n) is 3.32. The summed E-state index contributed by atoms with van der Waals surface area (Å²) in [6, 6.07) is 15.7. The van der Waals surface area contributed by atoms with E-state index in [9.17, 15) is 4.79 Å². The monoisotopic (exact) mass is 318 g/mol. The number of nitrogens with zero attached hydrogens (tertiary/aromatic N) is 3. The highest BCUT2D eigenvalue weighted by Crippen LogP contribution is 2.33. The van der Waals surface area contributed by atoms with Gasteiger partial charge in [-0.15, -0.1) is 0 Å². The Bertz CT molecular complexity index is 829. The SMILES string of the molecule is O=C(c1cn[nH]c1-c1ccccc1)N1CCC[C@@H]1c1ccccn1. The van der Waals surface area contributed by atoms with Crippen LogP contribution >= 0.6 is 0 Å². The normalized spacial score (nSPS) is 17.2. The first kappa shape index (κ1) is 14.6. The summed E-state index contributed by atoms with van der Waals surface area (Å²) in [5.41, 5.74) is 3.30. The van der Waals surface area contributed by atoms with Gasteiger partial charge in [0.1, 0.15) is 0 Å². The summed E-state index contributed by atoms with van der Waals surface area (Å²) in [5.74, 6) is 0.00996. The Balaban J connectivity index is 1.66. The summed E-state index contributed by atoms with van der Waals surface area (Å²) in [6.45, 7) is 0.749. The summed E-state index contributed by atoms with van der Waals surface area (Å²) in [7, 11) is 0. The van der Waals surface area contributed by atoms with Gasteiger partial charge in [0.25, 0.3) is 5.91 Å². The van der Waals surface area contributed by atoms with E-state index >= 15 is 0 Å². The van der Waals surface area contributed by atoms with E-state index in [1.807, 2.05) is 53.4 Å². The Labute approximate surface area is 140 Å². The van der Waals surface area contributed by atoms with Crippen LogP contribution in [0.5, 0.6) is 0 Å². The highest BCUT2D eigenvalue weighted by atomic mass is 16.2. The lowest BCUT2D eigenvalue weighted by molar-refractivity contribution is 0.0734. The van der Waals surface area contributed by atoms with E-state index in [0.29, 0.717) is 5.56 Å². The first-order valence-electron chi connectivity index (χ1n) is 8.15. The molecule has 24 heavy (non-hydrogen) atoms. The van der Waals surface area contributed by atoms with Gasteiger partial charge >= 0.3 is 0 Å². The highest BCUT2D eigenvalue weighted by Gasteiger charge is 2.33. The fraction of sp³-hybridized carbons (Fsp3) is 0.211. The third-order valence-corrected chi connectivity index (χ3v) is 4.48. The van der Waals surface area contributed by atoms with Crippen LogP contribution in [-0.2, 0) is 0 Å². The van der Waals surface area contributed by atoms with E-state index in [4.69, 9.17) is 0 Å². The van der Waals surface area contributed by atoms with Crippen molar-refractivity contribution in [1.82, 2.24) is 20.1 Å². The predicted molar refractivity (Wildman–Crippen MR) is 91.3 cm³/mol. The number of aromatic amines is 1. The molecule has 1 N–H and O–H groups in total. The Kier molecular flexibility index (Phi) is 3.83. The Morgan fingerprint density at radius 1 is 1.12 bits per heavy atom. The number of hydrogen-bond donors (Lipinski definition) is 1. The predicted octanol–water partition coefficient (Wildman–Crippen LogP) is 3.45. The summed E-state index contributed by atoms with van der Waals surface area (Å²) in [6.07, 6.45) is 5.34. The Hall–Kier alpha value is -2.95. The fourth-order valence-corrected chi connectivity index (χ4v) is 3.32. The lowest BCUT2D eigenvalue weighted by Crippen LogP contribution is -2.31. The number of carbonyl (C=O) groups is 1. The second-order valence-corrected chi connectivity index (χ2v) is 5.94. The number of likely N-dealkylation sites (tertiary alicyclic amines) is 1. The zero-order chi connectivity index (χ0) is 16.4. The number of rotatable bonds is 3. The summed E-state index contributed by atoms with van der Waals surface area (Å²) < 4.78 is 0. The molecule has 5 heteroatoms. The lowest BCUT2D eigenvalue weighted by Gasteiger charge is -2.24. The van der Waals surface area contributed by atoms with Crippen LogP contribution in [0.1, 0.15) is 34.9 Å². The van der Waals surface area contributed by atoms with E-state index in [2.05, 4.69) is 15.2 Å². The van der Waals surface area contributed by atoms with E-state index in [-0.39, 0.29) is 11.9 Å². The second-order valence-electron chi connectivity index (χ2n) is 5.94. The number of amides is 1. The van der Waals surface area contributed by atoms with Gasteiger partial charge in [0.05, 0.1) is 29.2 Å². The summed E-state index contributed by atoms with van der Waals surface area (Å²) in [4.78, 5) is 19.5. The minimum Gasteiger partial charge on any atom is -0.330 e. The number of aromatic nitrogens is 3. The first-order chi connectivity index (χ1) is 11.8. The van der Waals surface area contributed by atoms with Crippen molar-refractivity contribution in [3.8, 4) is 11.3 Å². The van der Waals surface area contributed by atoms with Crippen molar-refractivity contribution in [2.75, 3.05) is 6.54 Å². The van der Waals surface area contributed by atoms with E-state index < -0.39 is 0 Å². The highest BCUT2D eigenvalue weighted by molar-refractivity contribution is 6.00. The molecule has 1 aliphatic heterocycles. The van der Waals surface area contributed by atoms with E-state index in [0.717, 1.165) is 36.3 Å². The van der Waals surface area contributed by atoms with Gasteiger partial charge in [-0.05, 0) is 25.0 Å². The minimum absolute atomic E-state index is 0.00996. The van der Waals surface area contributed by atoms with Gasteiger partial charge in [0.2, 0.25) is 0 Å². The number of H-pyrrole nitrogens is 1. The molecule has 0 saturated carbocycles. The van der Waals surface area contributed by atoms with Gasteiger partial charge < -0.3 is 4.90 Å². The van der Waals surface area contributed by atoms with Gasteiger partial charge in [-0.1, -0.05) is 36.4 Å². The first-order valence-corrected chi connectivity index (χ1v) is 8.15. The van der Waals surface area contributed by atoms with Crippen LogP contribution in [0, 0.1) is 0 Å². The molecule has 0 unspecified atom stereocenters. The standard InChI is InChI=1S/C19H18N4O/c24-19(15-13-21-22-18(15)14-7-2-1-3-8-14)23-12-6-10-17(23)16-9-4-5-11-20-16/h1-5,7-9,11,13,17H,6,10,12H2,(H,21,22)/t17-/m1/s1. The molecule has 1 saturated heterocycles. The van der Waals surface area contributed by atoms with Gasteiger partial charge in [-0.25, -0.2) is 0 Å². The molecule has 0 spiro atoms. The topological polar surface area (TPSA) is 61.9 Å². The molecule has 1 aliphatic rings. The average Bonchev–Trinajstić information content (AvgIpc) is 3.32. The van der Waals surface area contributed by atoms with Crippen LogP contribution in [0.25, 0.3) is 11.3 Å². The van der Waals surface area contributed by atoms with Crippen molar-refractivity contribution in [1.29, 1.82) is 0 Å². The molecule has 5 nitrogen and oxygen atoms in total. The molecule has 3 aromatic rings. The van der Waals surface area contributed by atoms with Gasteiger partial charge in [0.15, 0.2) is 0 Å².